The van der Waals surface area contributed by atoms with Crippen LogP contribution in [0.4, 0.5) is 10.1 Å². The molecule has 0 amide bonds. The fourth-order valence-electron chi connectivity index (χ4n) is 2.35. The van der Waals surface area contributed by atoms with E-state index in [9.17, 15) is 9.50 Å². The molecule has 0 heterocycles. The monoisotopic (exact) mass is 289 g/mol. The van der Waals surface area contributed by atoms with Crippen LogP contribution in [0, 0.1) is 5.82 Å². The number of aliphatic hydroxyl groups excluding tert-OH is 1. The number of hydrogen-bond donors (Lipinski definition) is 1. The smallest absolute Gasteiger partial charge is 0.146 e. The molecule has 0 aromatic heterocycles. The second kappa shape index (κ2) is 7.09. The summed E-state index contributed by atoms with van der Waals surface area (Å²) in [4.78, 5) is 1.81. The summed E-state index contributed by atoms with van der Waals surface area (Å²) in [5, 5.41) is 10.4. The fraction of sp³-hybridized carbons (Fsp3) is 0.294. The van der Waals surface area contributed by atoms with Crippen molar-refractivity contribution in [1.29, 1.82) is 0 Å². The summed E-state index contributed by atoms with van der Waals surface area (Å²) in [5.74, 6) is 0.348. The van der Waals surface area contributed by atoms with Crippen LogP contribution in [-0.2, 0) is 0 Å². The van der Waals surface area contributed by atoms with Crippen molar-refractivity contribution < 1.29 is 14.2 Å². The molecule has 0 bridgehead atoms. The summed E-state index contributed by atoms with van der Waals surface area (Å²) in [5.41, 5.74) is 1.20. The highest BCUT2D eigenvalue weighted by Crippen LogP contribution is 2.27. The molecule has 0 saturated carbocycles. The molecule has 1 N–H and O–H groups in total. The minimum absolute atomic E-state index is 0.286. The normalized spacial score (nSPS) is 12.0. The number of aliphatic hydroxyl groups is 1. The lowest BCUT2D eigenvalue weighted by Crippen LogP contribution is -2.29. The van der Waals surface area contributed by atoms with Gasteiger partial charge in [-0.2, -0.15) is 0 Å². The number of benzene rings is 2. The summed E-state index contributed by atoms with van der Waals surface area (Å²) in [7, 11) is 1.57. The third kappa shape index (κ3) is 3.52. The zero-order valence-corrected chi connectivity index (χ0v) is 12.3. The topological polar surface area (TPSA) is 32.7 Å². The van der Waals surface area contributed by atoms with Gasteiger partial charge in [0.1, 0.15) is 17.7 Å². The molecule has 1 atom stereocenters. The number of rotatable bonds is 6. The van der Waals surface area contributed by atoms with Gasteiger partial charge in [0, 0.05) is 18.7 Å². The predicted molar refractivity (Wildman–Crippen MR) is 82.2 cm³/mol. The first kappa shape index (κ1) is 15.3. The van der Waals surface area contributed by atoms with E-state index < -0.39 is 6.10 Å². The zero-order chi connectivity index (χ0) is 15.2. The molecule has 0 aliphatic rings. The van der Waals surface area contributed by atoms with Crippen LogP contribution in [0.5, 0.6) is 5.75 Å². The molecule has 1 unspecified atom stereocenters. The van der Waals surface area contributed by atoms with Crippen LogP contribution in [0.3, 0.4) is 0 Å². The van der Waals surface area contributed by atoms with Gasteiger partial charge in [-0.1, -0.05) is 30.3 Å². The van der Waals surface area contributed by atoms with Crippen LogP contribution in [0.2, 0.25) is 0 Å². The SMILES string of the molecule is CCN(CC(O)c1ccccc1OC)c1ccccc1F. The number of halogens is 1. The highest BCUT2D eigenvalue weighted by molar-refractivity contribution is 5.48. The molecule has 0 saturated heterocycles. The predicted octanol–water partition coefficient (Wildman–Crippen LogP) is 3.39. The molecule has 2 rings (SSSR count). The first-order valence-corrected chi connectivity index (χ1v) is 6.97. The minimum atomic E-state index is -0.749. The van der Waals surface area contributed by atoms with Crippen LogP contribution >= 0.6 is 0 Å². The van der Waals surface area contributed by atoms with E-state index in [1.54, 1.807) is 31.4 Å². The molecule has 3 nitrogen and oxygen atoms in total. The van der Waals surface area contributed by atoms with Crippen LogP contribution in [0.25, 0.3) is 0 Å². The van der Waals surface area contributed by atoms with Crippen molar-refractivity contribution in [3.8, 4) is 5.75 Å². The Hall–Kier alpha value is -2.07. The first-order valence-electron chi connectivity index (χ1n) is 6.97. The summed E-state index contributed by atoms with van der Waals surface area (Å²) in [6, 6.07) is 13.9. The summed E-state index contributed by atoms with van der Waals surface area (Å²) >= 11 is 0. The Kier molecular flexibility index (Phi) is 5.17. The molecule has 21 heavy (non-hydrogen) atoms. The number of anilines is 1. The lowest BCUT2D eigenvalue weighted by atomic mass is 10.1. The fourth-order valence-corrected chi connectivity index (χ4v) is 2.35. The Morgan fingerprint density at radius 2 is 1.81 bits per heavy atom. The van der Waals surface area contributed by atoms with Crippen molar-refractivity contribution in [3.05, 3.63) is 59.9 Å². The van der Waals surface area contributed by atoms with Crippen LogP contribution in [0.1, 0.15) is 18.6 Å². The summed E-state index contributed by atoms with van der Waals surface area (Å²) in [6.07, 6.45) is -0.749. The Morgan fingerprint density at radius 3 is 2.48 bits per heavy atom. The van der Waals surface area contributed by atoms with Crippen LogP contribution < -0.4 is 9.64 Å². The largest absolute Gasteiger partial charge is 0.496 e. The summed E-state index contributed by atoms with van der Waals surface area (Å²) < 4.78 is 19.1. The van der Waals surface area contributed by atoms with Crippen molar-refractivity contribution in [2.75, 3.05) is 25.1 Å². The van der Waals surface area contributed by atoms with Gasteiger partial charge in [-0.15, -0.1) is 0 Å². The third-order valence-corrected chi connectivity index (χ3v) is 3.47. The van der Waals surface area contributed by atoms with E-state index in [1.807, 2.05) is 30.0 Å². The minimum Gasteiger partial charge on any atom is -0.496 e. The van der Waals surface area contributed by atoms with Crippen molar-refractivity contribution in [2.24, 2.45) is 0 Å². The Labute approximate surface area is 124 Å². The van der Waals surface area contributed by atoms with Crippen molar-refractivity contribution in [1.82, 2.24) is 0 Å². The molecule has 0 aliphatic carbocycles. The second-order valence-electron chi connectivity index (χ2n) is 4.75. The quantitative estimate of drug-likeness (QED) is 0.884. The van der Waals surface area contributed by atoms with Gasteiger partial charge in [-0.25, -0.2) is 4.39 Å². The van der Waals surface area contributed by atoms with Crippen LogP contribution in [-0.4, -0.2) is 25.3 Å². The van der Waals surface area contributed by atoms with E-state index in [4.69, 9.17) is 4.74 Å². The third-order valence-electron chi connectivity index (χ3n) is 3.47. The number of nitrogens with zero attached hydrogens (tertiary/aromatic N) is 1. The van der Waals surface area contributed by atoms with Gasteiger partial charge in [0.25, 0.3) is 0 Å². The molecule has 0 spiro atoms. The Morgan fingerprint density at radius 1 is 1.14 bits per heavy atom. The number of methoxy groups -OCH3 is 1. The standard InChI is InChI=1S/C17H20FNO2/c1-3-19(15-10-6-5-9-14(15)18)12-16(20)13-8-4-7-11-17(13)21-2/h4-11,16,20H,3,12H2,1-2H3. The van der Waals surface area contributed by atoms with Crippen LogP contribution in [0.15, 0.2) is 48.5 Å². The average molecular weight is 289 g/mol. The lowest BCUT2D eigenvalue weighted by molar-refractivity contribution is 0.179. The molecule has 4 heteroatoms. The van der Waals surface area contributed by atoms with E-state index in [2.05, 4.69) is 0 Å². The molecular formula is C17H20FNO2. The molecule has 2 aromatic carbocycles. The first-order chi connectivity index (χ1) is 10.2. The zero-order valence-electron chi connectivity index (χ0n) is 12.3. The van der Waals surface area contributed by atoms with Crippen molar-refractivity contribution in [3.63, 3.8) is 0 Å². The highest BCUT2D eigenvalue weighted by atomic mass is 19.1. The maximum absolute atomic E-state index is 13.9. The van der Waals surface area contributed by atoms with E-state index in [1.165, 1.54) is 6.07 Å². The van der Waals surface area contributed by atoms with E-state index >= 15 is 0 Å². The highest BCUT2D eigenvalue weighted by Gasteiger charge is 2.18. The molecular weight excluding hydrogens is 269 g/mol. The van der Waals surface area contributed by atoms with E-state index in [-0.39, 0.29) is 5.82 Å². The average Bonchev–Trinajstić information content (AvgIpc) is 2.53. The van der Waals surface area contributed by atoms with Gasteiger partial charge in [0.2, 0.25) is 0 Å². The number of para-hydroxylation sites is 2. The number of hydrogen-bond acceptors (Lipinski definition) is 3. The van der Waals surface area contributed by atoms with Crippen molar-refractivity contribution in [2.45, 2.75) is 13.0 Å². The molecule has 0 radical (unpaired) electrons. The Bertz CT molecular complexity index is 589. The molecule has 0 aliphatic heterocycles. The Balaban J connectivity index is 2.20. The molecule has 112 valence electrons. The van der Waals surface area contributed by atoms with Gasteiger partial charge in [-0.3, -0.25) is 0 Å². The van der Waals surface area contributed by atoms with E-state index in [0.29, 0.717) is 30.1 Å². The maximum Gasteiger partial charge on any atom is 0.146 e. The maximum atomic E-state index is 13.9. The number of ether oxygens (including phenoxy) is 1. The van der Waals surface area contributed by atoms with E-state index in [0.717, 1.165) is 0 Å². The van der Waals surface area contributed by atoms with Gasteiger partial charge in [-0.05, 0) is 25.1 Å². The van der Waals surface area contributed by atoms with Gasteiger partial charge in [0.05, 0.1) is 12.8 Å². The molecule has 2 aromatic rings. The van der Waals surface area contributed by atoms with Crippen molar-refractivity contribution >= 4 is 5.69 Å². The second-order valence-corrected chi connectivity index (χ2v) is 4.75. The number of likely N-dealkylation sites (N-methyl/N-ethyl adjacent to an activating group) is 1. The summed E-state index contributed by atoms with van der Waals surface area (Å²) in [6.45, 7) is 2.84. The van der Waals surface area contributed by atoms with Gasteiger partial charge < -0.3 is 14.7 Å². The van der Waals surface area contributed by atoms with Gasteiger partial charge >= 0.3 is 0 Å². The molecule has 0 fully saturated rings. The van der Waals surface area contributed by atoms with Gasteiger partial charge in [0.15, 0.2) is 0 Å². The lowest BCUT2D eigenvalue weighted by Gasteiger charge is -2.27.